The van der Waals surface area contributed by atoms with Crippen molar-refractivity contribution in [2.24, 2.45) is 0 Å². The molecule has 0 aliphatic carbocycles. The molecule has 1 spiro atoms. The molecular weight excluding hydrogens is 357 g/mol. The standard InChI is InChI=1S/C17H10FN5O4/c18-9-2-4-13-10(6-9)17(14(24)19-16(26)20-17)15(25)23(13)7-8-1-3-11-12(5-8)22-27-21-11/h1-6H,7H2,(H2,19,20,24,26). The van der Waals surface area contributed by atoms with Crippen molar-refractivity contribution in [1.82, 2.24) is 20.9 Å². The number of nitrogens with one attached hydrogen (secondary N) is 2. The summed E-state index contributed by atoms with van der Waals surface area (Å²) in [4.78, 5) is 38.6. The van der Waals surface area contributed by atoms with Gasteiger partial charge in [-0.15, -0.1) is 0 Å². The van der Waals surface area contributed by atoms with E-state index in [2.05, 4.69) is 25.6 Å². The van der Waals surface area contributed by atoms with Crippen molar-refractivity contribution >= 4 is 34.6 Å². The Hall–Kier alpha value is -3.82. The lowest BCUT2D eigenvalue weighted by molar-refractivity contribution is -0.134. The Morgan fingerprint density at radius 3 is 2.67 bits per heavy atom. The average Bonchev–Trinajstić information content (AvgIpc) is 3.28. The predicted octanol–water partition coefficient (Wildman–Crippen LogP) is 0.943. The molecule has 1 atom stereocenters. The van der Waals surface area contributed by atoms with Crippen molar-refractivity contribution in [2.75, 3.05) is 4.90 Å². The molecule has 1 saturated heterocycles. The third-order valence-corrected chi connectivity index (χ3v) is 4.75. The zero-order valence-electron chi connectivity index (χ0n) is 13.5. The summed E-state index contributed by atoms with van der Waals surface area (Å²) in [6.07, 6.45) is 0. The third kappa shape index (κ3) is 2.00. The minimum absolute atomic E-state index is 0.0885. The van der Waals surface area contributed by atoms with E-state index in [9.17, 15) is 18.8 Å². The van der Waals surface area contributed by atoms with Crippen LogP contribution in [0.3, 0.4) is 0 Å². The number of urea groups is 1. The van der Waals surface area contributed by atoms with Crippen LogP contribution in [0.5, 0.6) is 0 Å². The van der Waals surface area contributed by atoms with Crippen LogP contribution in [0.25, 0.3) is 11.0 Å². The van der Waals surface area contributed by atoms with Gasteiger partial charge < -0.3 is 10.2 Å². The van der Waals surface area contributed by atoms with E-state index in [1.54, 1.807) is 18.2 Å². The molecule has 2 aliphatic heterocycles. The first-order valence-electron chi connectivity index (χ1n) is 7.96. The van der Waals surface area contributed by atoms with Gasteiger partial charge in [0.15, 0.2) is 0 Å². The van der Waals surface area contributed by atoms with Crippen LogP contribution >= 0.6 is 0 Å². The normalized spacial score (nSPS) is 21.1. The molecule has 0 radical (unpaired) electrons. The lowest BCUT2D eigenvalue weighted by Crippen LogP contribution is -2.52. The molecule has 134 valence electrons. The Morgan fingerprint density at radius 1 is 1.07 bits per heavy atom. The molecule has 2 aliphatic rings. The number of fused-ring (bicyclic) bond motifs is 3. The molecule has 27 heavy (non-hydrogen) atoms. The van der Waals surface area contributed by atoms with E-state index in [4.69, 9.17) is 0 Å². The fraction of sp³-hybridized carbons (Fsp3) is 0.118. The molecule has 3 heterocycles. The van der Waals surface area contributed by atoms with Gasteiger partial charge >= 0.3 is 6.03 Å². The second-order valence-corrected chi connectivity index (χ2v) is 6.30. The number of amides is 4. The number of halogens is 1. The Bertz CT molecular complexity index is 1160. The number of imide groups is 1. The van der Waals surface area contributed by atoms with Crippen molar-refractivity contribution in [3.8, 4) is 0 Å². The van der Waals surface area contributed by atoms with Crippen LogP contribution < -0.4 is 15.5 Å². The number of carbonyl (C=O) groups excluding carboxylic acids is 3. The van der Waals surface area contributed by atoms with Gasteiger partial charge in [0, 0.05) is 5.56 Å². The van der Waals surface area contributed by atoms with E-state index in [0.29, 0.717) is 22.3 Å². The van der Waals surface area contributed by atoms with Crippen LogP contribution in [0.1, 0.15) is 11.1 Å². The van der Waals surface area contributed by atoms with Crippen molar-refractivity contribution in [3.05, 3.63) is 53.3 Å². The highest BCUT2D eigenvalue weighted by molar-refractivity contribution is 6.27. The topological polar surface area (TPSA) is 117 Å². The van der Waals surface area contributed by atoms with Crippen molar-refractivity contribution in [2.45, 2.75) is 12.1 Å². The summed E-state index contributed by atoms with van der Waals surface area (Å²) in [6, 6.07) is 8.00. The molecule has 3 aromatic rings. The molecule has 0 bridgehead atoms. The number of anilines is 1. The van der Waals surface area contributed by atoms with Crippen LogP contribution in [-0.2, 0) is 21.7 Å². The minimum atomic E-state index is -1.96. The summed E-state index contributed by atoms with van der Waals surface area (Å²) >= 11 is 0. The van der Waals surface area contributed by atoms with Gasteiger partial charge in [-0.05, 0) is 46.2 Å². The molecule has 2 aromatic carbocycles. The van der Waals surface area contributed by atoms with Crippen LogP contribution in [0, 0.1) is 5.82 Å². The van der Waals surface area contributed by atoms with E-state index in [-0.39, 0.29) is 12.1 Å². The van der Waals surface area contributed by atoms with Gasteiger partial charge in [0.2, 0.25) is 5.54 Å². The highest BCUT2D eigenvalue weighted by Crippen LogP contribution is 2.43. The number of hydrogen-bond acceptors (Lipinski definition) is 6. The monoisotopic (exact) mass is 367 g/mol. The van der Waals surface area contributed by atoms with E-state index in [1.165, 1.54) is 17.0 Å². The van der Waals surface area contributed by atoms with Crippen molar-refractivity contribution in [3.63, 3.8) is 0 Å². The first-order chi connectivity index (χ1) is 13.0. The van der Waals surface area contributed by atoms with Gasteiger partial charge in [0.25, 0.3) is 11.8 Å². The number of benzene rings is 2. The molecule has 1 fully saturated rings. The number of aromatic nitrogens is 2. The maximum atomic E-state index is 13.8. The first kappa shape index (κ1) is 15.4. The Kier molecular flexibility index (Phi) is 2.91. The maximum absolute atomic E-state index is 13.8. The van der Waals surface area contributed by atoms with E-state index >= 15 is 0 Å². The van der Waals surface area contributed by atoms with Crippen molar-refractivity contribution < 1.29 is 23.4 Å². The van der Waals surface area contributed by atoms with Gasteiger partial charge in [-0.3, -0.25) is 14.9 Å². The lowest BCUT2D eigenvalue weighted by Gasteiger charge is -2.21. The number of rotatable bonds is 2. The molecule has 4 amide bonds. The Labute approximate surface area is 150 Å². The largest absolute Gasteiger partial charge is 0.323 e. The second kappa shape index (κ2) is 5.10. The predicted molar refractivity (Wildman–Crippen MR) is 87.7 cm³/mol. The smallest absolute Gasteiger partial charge is 0.312 e. The summed E-state index contributed by atoms with van der Waals surface area (Å²) in [5.74, 6) is -2.11. The van der Waals surface area contributed by atoms with Gasteiger partial charge in [0.1, 0.15) is 16.9 Å². The van der Waals surface area contributed by atoms with E-state index in [1.807, 2.05) is 0 Å². The first-order valence-corrected chi connectivity index (χ1v) is 7.96. The molecule has 0 saturated carbocycles. The molecule has 10 heteroatoms. The van der Waals surface area contributed by atoms with Gasteiger partial charge in [0.05, 0.1) is 12.2 Å². The average molecular weight is 367 g/mol. The summed E-state index contributed by atoms with van der Waals surface area (Å²) in [5, 5.41) is 11.9. The van der Waals surface area contributed by atoms with Crippen molar-refractivity contribution in [1.29, 1.82) is 0 Å². The molecule has 9 nitrogen and oxygen atoms in total. The molecule has 1 aromatic heterocycles. The molecule has 2 N–H and O–H groups in total. The Morgan fingerprint density at radius 2 is 1.89 bits per heavy atom. The zero-order valence-corrected chi connectivity index (χ0v) is 13.5. The minimum Gasteiger partial charge on any atom is -0.312 e. The van der Waals surface area contributed by atoms with Gasteiger partial charge in [-0.25, -0.2) is 13.8 Å². The maximum Gasteiger partial charge on any atom is 0.323 e. The molecule has 5 rings (SSSR count). The van der Waals surface area contributed by atoms with Gasteiger partial charge in [-0.2, -0.15) is 0 Å². The second-order valence-electron chi connectivity index (χ2n) is 6.30. The highest BCUT2D eigenvalue weighted by Gasteiger charge is 2.61. The van der Waals surface area contributed by atoms with E-state index < -0.39 is 29.2 Å². The molecule has 1 unspecified atom stereocenters. The summed E-state index contributed by atoms with van der Waals surface area (Å²) in [7, 11) is 0. The van der Waals surface area contributed by atoms with Crippen LogP contribution in [-0.4, -0.2) is 28.2 Å². The van der Waals surface area contributed by atoms with Crippen LogP contribution in [0.4, 0.5) is 14.9 Å². The summed E-state index contributed by atoms with van der Waals surface area (Å²) < 4.78 is 18.5. The SMILES string of the molecule is O=C1NC(=O)C2(N1)C(=O)N(Cc1ccc3nonc3c1)c1ccc(F)cc12. The third-order valence-electron chi connectivity index (χ3n) is 4.75. The highest BCUT2D eigenvalue weighted by atomic mass is 19.1. The van der Waals surface area contributed by atoms with Crippen LogP contribution in [0.15, 0.2) is 41.0 Å². The number of hydrogen-bond donors (Lipinski definition) is 2. The quantitative estimate of drug-likeness (QED) is 0.514. The fourth-order valence-corrected chi connectivity index (χ4v) is 3.53. The lowest BCUT2D eigenvalue weighted by atomic mass is 9.91. The van der Waals surface area contributed by atoms with E-state index in [0.717, 1.165) is 6.07 Å². The van der Waals surface area contributed by atoms with Crippen LogP contribution in [0.2, 0.25) is 0 Å². The Balaban J connectivity index is 1.62. The number of nitrogens with zero attached hydrogens (tertiary/aromatic N) is 3. The summed E-state index contributed by atoms with van der Waals surface area (Å²) in [5.41, 5.74) is 0.252. The fourth-order valence-electron chi connectivity index (χ4n) is 3.53. The zero-order chi connectivity index (χ0) is 18.8. The molecular formula is C17H10FN5O4. The van der Waals surface area contributed by atoms with Gasteiger partial charge in [-0.1, -0.05) is 6.07 Å². The summed E-state index contributed by atoms with van der Waals surface area (Å²) in [6.45, 7) is 0.0885. The number of carbonyl (C=O) groups is 3.